The Kier molecular flexibility index (Phi) is 3.57. The molecule has 0 aliphatic heterocycles. The summed E-state index contributed by atoms with van der Waals surface area (Å²) in [7, 11) is 0. The molecule has 0 bridgehead atoms. The van der Waals surface area contributed by atoms with E-state index in [-0.39, 0.29) is 24.1 Å². The van der Waals surface area contributed by atoms with E-state index in [1.165, 1.54) is 0 Å². The summed E-state index contributed by atoms with van der Waals surface area (Å²) in [6.45, 7) is 5.78. The van der Waals surface area contributed by atoms with Crippen molar-refractivity contribution in [2.24, 2.45) is 5.92 Å². The highest BCUT2D eigenvalue weighted by Gasteiger charge is 2.23. The Morgan fingerprint density at radius 1 is 1.42 bits per heavy atom. The van der Waals surface area contributed by atoms with E-state index in [0.29, 0.717) is 11.0 Å². The molecular weight excluding hydrogens is 244 g/mol. The molecule has 5 heteroatoms. The van der Waals surface area contributed by atoms with Crippen LogP contribution >= 0.6 is 0 Å². The highest BCUT2D eigenvalue weighted by Crippen LogP contribution is 2.28. The number of nitrogens with zero attached hydrogens (tertiary/aromatic N) is 2. The summed E-state index contributed by atoms with van der Waals surface area (Å²) in [6, 6.07) is 4.87. The van der Waals surface area contributed by atoms with Crippen molar-refractivity contribution in [2.75, 3.05) is 6.61 Å². The molecule has 1 aromatic carbocycles. The van der Waals surface area contributed by atoms with Gasteiger partial charge in [0.25, 0.3) is 0 Å². The maximum Gasteiger partial charge on any atom is 0.337 e. The van der Waals surface area contributed by atoms with Crippen LogP contribution < -0.4 is 0 Å². The average Bonchev–Trinajstić information content (AvgIpc) is 2.66. The lowest BCUT2D eigenvalue weighted by atomic mass is 10.0. The van der Waals surface area contributed by atoms with Crippen molar-refractivity contribution in [1.29, 1.82) is 0 Å². The molecule has 2 aromatic rings. The fraction of sp³-hybridized carbons (Fsp3) is 0.429. The van der Waals surface area contributed by atoms with Gasteiger partial charge in [-0.25, -0.2) is 9.78 Å². The quantitative estimate of drug-likeness (QED) is 0.886. The molecule has 19 heavy (non-hydrogen) atoms. The Morgan fingerprint density at radius 2 is 2.11 bits per heavy atom. The second-order valence-corrected chi connectivity index (χ2v) is 5.00. The van der Waals surface area contributed by atoms with Crippen LogP contribution in [0, 0.1) is 12.8 Å². The molecule has 0 saturated heterocycles. The summed E-state index contributed by atoms with van der Waals surface area (Å²) in [5.74, 6) is -0.0772. The number of aryl methyl sites for hydroxylation is 1. The summed E-state index contributed by atoms with van der Waals surface area (Å²) in [5, 5.41) is 18.9. The monoisotopic (exact) mass is 262 g/mol. The van der Waals surface area contributed by atoms with E-state index in [9.17, 15) is 15.0 Å². The number of carbonyl (C=O) groups is 1. The molecule has 0 spiro atoms. The van der Waals surface area contributed by atoms with Crippen molar-refractivity contribution in [3.05, 3.63) is 29.6 Å². The first kappa shape index (κ1) is 13.5. The standard InChI is InChI=1S/C14H18N2O3/c1-8(2)12(7-17)16-9(3)15-11-6-4-5-10(13(11)16)14(18)19/h4-6,8,12,17H,7H2,1-3H3,(H,18,19). The number of para-hydroxylation sites is 1. The predicted molar refractivity (Wildman–Crippen MR) is 72.4 cm³/mol. The lowest BCUT2D eigenvalue weighted by Crippen LogP contribution is -2.21. The average molecular weight is 262 g/mol. The van der Waals surface area contributed by atoms with Crippen LogP contribution in [0.5, 0.6) is 0 Å². The first-order valence-electron chi connectivity index (χ1n) is 6.29. The van der Waals surface area contributed by atoms with Crippen LogP contribution in [0.3, 0.4) is 0 Å². The van der Waals surface area contributed by atoms with Crippen molar-refractivity contribution in [1.82, 2.24) is 9.55 Å². The topological polar surface area (TPSA) is 75.3 Å². The predicted octanol–water partition coefficient (Wildman–Crippen LogP) is 2.23. The molecule has 2 rings (SSSR count). The third-order valence-electron chi connectivity index (χ3n) is 3.41. The number of hydrogen-bond acceptors (Lipinski definition) is 3. The molecule has 0 saturated carbocycles. The summed E-state index contributed by atoms with van der Waals surface area (Å²) in [6.07, 6.45) is 0. The summed E-state index contributed by atoms with van der Waals surface area (Å²) >= 11 is 0. The van der Waals surface area contributed by atoms with E-state index in [1.54, 1.807) is 18.2 Å². The number of aliphatic hydroxyl groups is 1. The van der Waals surface area contributed by atoms with Crippen LogP contribution in [-0.4, -0.2) is 32.3 Å². The van der Waals surface area contributed by atoms with Gasteiger partial charge in [-0.1, -0.05) is 19.9 Å². The number of carboxylic acid groups (broad SMARTS) is 1. The minimum atomic E-state index is -0.979. The van der Waals surface area contributed by atoms with Gasteiger partial charge in [-0.15, -0.1) is 0 Å². The van der Waals surface area contributed by atoms with Crippen molar-refractivity contribution in [3.8, 4) is 0 Å². The van der Waals surface area contributed by atoms with E-state index in [2.05, 4.69) is 4.98 Å². The molecule has 102 valence electrons. The maximum atomic E-state index is 11.4. The van der Waals surface area contributed by atoms with E-state index >= 15 is 0 Å². The number of rotatable bonds is 4. The Labute approximate surface area is 111 Å². The van der Waals surface area contributed by atoms with Gasteiger partial charge < -0.3 is 14.8 Å². The summed E-state index contributed by atoms with van der Waals surface area (Å²) in [5.41, 5.74) is 1.45. The molecule has 1 unspecified atom stereocenters. The first-order chi connectivity index (χ1) is 8.97. The summed E-state index contributed by atoms with van der Waals surface area (Å²) < 4.78 is 1.84. The van der Waals surface area contributed by atoms with Gasteiger partial charge in [0.1, 0.15) is 5.82 Å². The van der Waals surface area contributed by atoms with Crippen molar-refractivity contribution in [3.63, 3.8) is 0 Å². The van der Waals surface area contributed by atoms with Gasteiger partial charge in [0, 0.05) is 0 Å². The molecular formula is C14H18N2O3. The van der Waals surface area contributed by atoms with Crippen LogP contribution in [0.15, 0.2) is 18.2 Å². The van der Waals surface area contributed by atoms with Gasteiger partial charge >= 0.3 is 5.97 Å². The fourth-order valence-electron chi connectivity index (χ4n) is 2.43. The zero-order valence-corrected chi connectivity index (χ0v) is 11.3. The zero-order chi connectivity index (χ0) is 14.2. The molecule has 0 aliphatic rings. The van der Waals surface area contributed by atoms with Gasteiger partial charge in [0.2, 0.25) is 0 Å². The zero-order valence-electron chi connectivity index (χ0n) is 11.3. The number of carboxylic acids is 1. The van der Waals surface area contributed by atoms with Gasteiger partial charge in [0.05, 0.1) is 29.2 Å². The van der Waals surface area contributed by atoms with Crippen LogP contribution in [0.1, 0.15) is 36.1 Å². The van der Waals surface area contributed by atoms with Crippen molar-refractivity contribution in [2.45, 2.75) is 26.8 Å². The number of aromatic carboxylic acids is 1. The fourth-order valence-corrected chi connectivity index (χ4v) is 2.43. The number of fused-ring (bicyclic) bond motifs is 1. The highest BCUT2D eigenvalue weighted by atomic mass is 16.4. The number of aliphatic hydroxyl groups excluding tert-OH is 1. The maximum absolute atomic E-state index is 11.4. The largest absolute Gasteiger partial charge is 0.478 e. The lowest BCUT2D eigenvalue weighted by Gasteiger charge is -2.23. The summed E-state index contributed by atoms with van der Waals surface area (Å²) in [4.78, 5) is 15.7. The van der Waals surface area contributed by atoms with Crippen LogP contribution in [0.4, 0.5) is 0 Å². The van der Waals surface area contributed by atoms with Gasteiger partial charge in [-0.05, 0) is 25.0 Å². The van der Waals surface area contributed by atoms with E-state index < -0.39 is 5.97 Å². The molecule has 0 fully saturated rings. The third-order valence-corrected chi connectivity index (χ3v) is 3.41. The number of imidazole rings is 1. The SMILES string of the molecule is Cc1nc2cccc(C(=O)O)c2n1C(CO)C(C)C. The highest BCUT2D eigenvalue weighted by molar-refractivity contribution is 6.01. The Morgan fingerprint density at radius 3 is 2.63 bits per heavy atom. The van der Waals surface area contributed by atoms with Crippen LogP contribution in [-0.2, 0) is 0 Å². The number of hydrogen-bond donors (Lipinski definition) is 2. The van der Waals surface area contributed by atoms with Crippen molar-refractivity contribution >= 4 is 17.0 Å². The molecule has 0 aliphatic carbocycles. The molecule has 1 atom stereocenters. The molecule has 0 radical (unpaired) electrons. The Balaban J connectivity index is 2.79. The second-order valence-electron chi connectivity index (χ2n) is 5.00. The first-order valence-corrected chi connectivity index (χ1v) is 6.29. The lowest BCUT2D eigenvalue weighted by molar-refractivity contribution is 0.0698. The Hall–Kier alpha value is -1.88. The molecule has 2 N–H and O–H groups in total. The minimum Gasteiger partial charge on any atom is -0.478 e. The van der Waals surface area contributed by atoms with E-state index in [1.807, 2.05) is 25.3 Å². The van der Waals surface area contributed by atoms with E-state index in [4.69, 9.17) is 0 Å². The molecule has 0 amide bonds. The minimum absolute atomic E-state index is 0.0437. The number of benzene rings is 1. The smallest absolute Gasteiger partial charge is 0.337 e. The van der Waals surface area contributed by atoms with Crippen molar-refractivity contribution < 1.29 is 15.0 Å². The van der Waals surface area contributed by atoms with Gasteiger partial charge in [-0.2, -0.15) is 0 Å². The Bertz CT molecular complexity index is 616. The van der Waals surface area contributed by atoms with E-state index in [0.717, 1.165) is 5.82 Å². The van der Waals surface area contributed by atoms with Crippen LogP contribution in [0.2, 0.25) is 0 Å². The third kappa shape index (κ3) is 2.21. The molecule has 5 nitrogen and oxygen atoms in total. The molecule has 1 heterocycles. The second kappa shape index (κ2) is 5.01. The van der Waals surface area contributed by atoms with Gasteiger partial charge in [0.15, 0.2) is 0 Å². The van der Waals surface area contributed by atoms with Crippen LogP contribution in [0.25, 0.3) is 11.0 Å². The molecule has 1 aromatic heterocycles. The normalized spacial score (nSPS) is 13.1. The van der Waals surface area contributed by atoms with Gasteiger partial charge in [-0.3, -0.25) is 0 Å². The number of aromatic nitrogens is 2.